The lowest BCUT2D eigenvalue weighted by molar-refractivity contribution is -0.149. The van der Waals surface area contributed by atoms with E-state index >= 15 is 0 Å². The zero-order valence-electron chi connectivity index (χ0n) is 19.2. The second-order valence-electron chi connectivity index (χ2n) is 9.45. The standard InChI is InChI=1S/C25H33N3O4S/c1-32-24(31)19-7-8-20-21(16-19)26-25(33)28(23(20)30)14-11-22(29)27-12-9-18(10-13-27)15-17-5-3-2-4-6-17/h2-6,18-21H,7-16H2,1H3,(H,26,33). The van der Waals surface area contributed by atoms with Crippen LogP contribution >= 0.6 is 12.2 Å². The predicted octanol–water partition coefficient (Wildman–Crippen LogP) is 2.53. The fourth-order valence-electron chi connectivity index (χ4n) is 5.45. The Morgan fingerprint density at radius 3 is 2.55 bits per heavy atom. The Hall–Kier alpha value is -2.48. The molecule has 0 radical (unpaired) electrons. The topological polar surface area (TPSA) is 79.0 Å². The quantitative estimate of drug-likeness (QED) is 0.507. The third-order valence-corrected chi connectivity index (χ3v) is 7.74. The molecule has 0 bridgehead atoms. The molecule has 1 aromatic rings. The number of thiocarbonyl (C=S) groups is 1. The lowest BCUT2D eigenvalue weighted by Crippen LogP contribution is -2.62. The second-order valence-corrected chi connectivity index (χ2v) is 9.84. The van der Waals surface area contributed by atoms with Crippen molar-refractivity contribution in [2.75, 3.05) is 26.7 Å². The highest BCUT2D eigenvalue weighted by molar-refractivity contribution is 7.80. The number of carbonyl (C=O) groups excluding carboxylic acids is 3. The van der Waals surface area contributed by atoms with E-state index in [1.54, 1.807) is 4.90 Å². The summed E-state index contributed by atoms with van der Waals surface area (Å²) in [6.45, 7) is 1.84. The maximum absolute atomic E-state index is 13.1. The first-order valence-electron chi connectivity index (χ1n) is 12.0. The molecular weight excluding hydrogens is 438 g/mol. The van der Waals surface area contributed by atoms with Gasteiger partial charge in [0.25, 0.3) is 0 Å². The van der Waals surface area contributed by atoms with E-state index < -0.39 is 0 Å². The Morgan fingerprint density at radius 1 is 1.12 bits per heavy atom. The minimum Gasteiger partial charge on any atom is -0.469 e. The monoisotopic (exact) mass is 471 g/mol. The van der Waals surface area contributed by atoms with E-state index in [0.29, 0.717) is 36.8 Å². The number of fused-ring (bicyclic) bond motifs is 1. The van der Waals surface area contributed by atoms with E-state index in [1.165, 1.54) is 12.7 Å². The van der Waals surface area contributed by atoms with Crippen LogP contribution in [0.25, 0.3) is 0 Å². The van der Waals surface area contributed by atoms with E-state index in [0.717, 1.165) is 32.4 Å². The van der Waals surface area contributed by atoms with Gasteiger partial charge >= 0.3 is 5.97 Å². The molecule has 3 atom stereocenters. The molecule has 8 heteroatoms. The Labute approximate surface area is 200 Å². The maximum Gasteiger partial charge on any atom is 0.308 e. The second kappa shape index (κ2) is 10.6. The number of ether oxygens (including phenoxy) is 1. The average molecular weight is 472 g/mol. The van der Waals surface area contributed by atoms with Crippen molar-refractivity contribution in [3.63, 3.8) is 0 Å². The Balaban J connectivity index is 1.24. The summed E-state index contributed by atoms with van der Waals surface area (Å²) in [5.41, 5.74) is 1.35. The molecule has 1 aromatic carbocycles. The van der Waals surface area contributed by atoms with Crippen LogP contribution in [0.1, 0.15) is 44.1 Å². The number of rotatable bonds is 6. The van der Waals surface area contributed by atoms with Gasteiger partial charge in [0.15, 0.2) is 5.11 Å². The van der Waals surface area contributed by atoms with Gasteiger partial charge in [-0.15, -0.1) is 0 Å². The first-order chi connectivity index (χ1) is 16.0. The van der Waals surface area contributed by atoms with Crippen LogP contribution in [0.4, 0.5) is 0 Å². The van der Waals surface area contributed by atoms with Crippen LogP contribution in [0.3, 0.4) is 0 Å². The van der Waals surface area contributed by atoms with Crippen LogP contribution < -0.4 is 5.32 Å². The number of nitrogens with zero attached hydrogens (tertiary/aromatic N) is 2. The molecule has 33 heavy (non-hydrogen) atoms. The minimum atomic E-state index is -0.228. The molecule has 2 aliphatic heterocycles. The van der Waals surface area contributed by atoms with Gasteiger partial charge in [-0.25, -0.2) is 0 Å². The molecule has 1 saturated carbocycles. The summed E-state index contributed by atoms with van der Waals surface area (Å²) < 4.78 is 4.87. The first kappa shape index (κ1) is 23.7. The molecule has 3 unspecified atom stereocenters. The fraction of sp³-hybridized carbons (Fsp3) is 0.600. The van der Waals surface area contributed by atoms with Crippen molar-refractivity contribution >= 4 is 35.1 Å². The van der Waals surface area contributed by atoms with Crippen LogP contribution in [0.15, 0.2) is 30.3 Å². The van der Waals surface area contributed by atoms with Crippen molar-refractivity contribution in [2.24, 2.45) is 17.8 Å². The lowest BCUT2D eigenvalue weighted by Gasteiger charge is -2.43. The predicted molar refractivity (Wildman–Crippen MR) is 128 cm³/mol. The number of benzene rings is 1. The van der Waals surface area contributed by atoms with Gasteiger partial charge in [-0.3, -0.25) is 19.3 Å². The summed E-state index contributed by atoms with van der Waals surface area (Å²) in [6.07, 6.45) is 5.16. The van der Waals surface area contributed by atoms with E-state index in [-0.39, 0.29) is 42.1 Å². The smallest absolute Gasteiger partial charge is 0.308 e. The summed E-state index contributed by atoms with van der Waals surface area (Å²) >= 11 is 5.44. The van der Waals surface area contributed by atoms with Gasteiger partial charge in [-0.2, -0.15) is 0 Å². The molecular formula is C25H33N3O4S. The van der Waals surface area contributed by atoms with Gasteiger partial charge in [0.2, 0.25) is 11.8 Å². The molecule has 2 heterocycles. The summed E-state index contributed by atoms with van der Waals surface area (Å²) in [6, 6.07) is 10.4. The Morgan fingerprint density at radius 2 is 1.85 bits per heavy atom. The van der Waals surface area contributed by atoms with Crippen molar-refractivity contribution < 1.29 is 19.1 Å². The molecule has 4 rings (SSSR count). The number of hydrogen-bond acceptors (Lipinski definition) is 5. The lowest BCUT2D eigenvalue weighted by atomic mass is 9.76. The molecule has 2 amide bonds. The van der Waals surface area contributed by atoms with E-state index in [2.05, 4.69) is 29.6 Å². The number of methoxy groups -OCH3 is 1. The van der Waals surface area contributed by atoms with Crippen LogP contribution in [0.5, 0.6) is 0 Å². The highest BCUT2D eigenvalue weighted by Crippen LogP contribution is 2.33. The van der Waals surface area contributed by atoms with Crippen molar-refractivity contribution in [1.29, 1.82) is 0 Å². The van der Waals surface area contributed by atoms with Crippen LogP contribution in [0, 0.1) is 17.8 Å². The largest absolute Gasteiger partial charge is 0.469 e. The van der Waals surface area contributed by atoms with Gasteiger partial charge < -0.3 is 15.0 Å². The van der Waals surface area contributed by atoms with E-state index in [4.69, 9.17) is 17.0 Å². The van der Waals surface area contributed by atoms with Crippen LogP contribution in [-0.4, -0.2) is 65.5 Å². The third-order valence-electron chi connectivity index (χ3n) is 7.41. The summed E-state index contributed by atoms with van der Waals surface area (Å²) in [5.74, 6) is 0.0311. The number of piperidine rings is 1. The molecule has 1 aliphatic carbocycles. The first-order valence-corrected chi connectivity index (χ1v) is 12.4. The molecule has 2 saturated heterocycles. The van der Waals surface area contributed by atoms with E-state index in [1.807, 2.05) is 11.0 Å². The Bertz CT molecular complexity index is 885. The van der Waals surface area contributed by atoms with Crippen molar-refractivity contribution in [3.8, 4) is 0 Å². The fourth-order valence-corrected chi connectivity index (χ4v) is 5.79. The molecule has 0 spiro atoms. The molecule has 178 valence electrons. The summed E-state index contributed by atoms with van der Waals surface area (Å²) in [7, 11) is 1.39. The number of likely N-dealkylation sites (tertiary alicyclic amines) is 1. The van der Waals surface area contributed by atoms with Crippen molar-refractivity contribution in [1.82, 2.24) is 15.1 Å². The minimum absolute atomic E-state index is 0.0264. The van der Waals surface area contributed by atoms with Crippen LogP contribution in [-0.2, 0) is 25.5 Å². The summed E-state index contributed by atoms with van der Waals surface area (Å²) in [5, 5.41) is 3.61. The van der Waals surface area contributed by atoms with Crippen LogP contribution in [0.2, 0.25) is 0 Å². The Kier molecular flexibility index (Phi) is 7.63. The zero-order valence-corrected chi connectivity index (χ0v) is 20.0. The van der Waals surface area contributed by atoms with Crippen molar-refractivity contribution in [3.05, 3.63) is 35.9 Å². The van der Waals surface area contributed by atoms with Gasteiger partial charge in [0, 0.05) is 32.1 Å². The SMILES string of the molecule is COC(=O)C1CCC2C(=O)N(CCC(=O)N3CCC(Cc4ccccc4)CC3)C(=S)NC2C1. The normalized spacial score (nSPS) is 25.9. The number of nitrogens with one attached hydrogen (secondary N) is 1. The number of hydrogen-bond donors (Lipinski definition) is 1. The molecule has 3 fully saturated rings. The van der Waals surface area contributed by atoms with E-state index in [9.17, 15) is 14.4 Å². The summed E-state index contributed by atoms with van der Waals surface area (Å²) in [4.78, 5) is 41.3. The van der Waals surface area contributed by atoms with Gasteiger partial charge in [-0.05, 0) is 62.2 Å². The highest BCUT2D eigenvalue weighted by Gasteiger charge is 2.44. The average Bonchev–Trinajstić information content (AvgIpc) is 2.84. The van der Waals surface area contributed by atoms with Gasteiger partial charge in [-0.1, -0.05) is 30.3 Å². The zero-order chi connectivity index (χ0) is 23.4. The molecule has 7 nitrogen and oxygen atoms in total. The van der Waals surface area contributed by atoms with Gasteiger partial charge in [0.1, 0.15) is 0 Å². The highest BCUT2D eigenvalue weighted by atomic mass is 32.1. The van der Waals surface area contributed by atoms with Crippen molar-refractivity contribution in [2.45, 2.75) is 51.0 Å². The number of amides is 2. The molecule has 0 aromatic heterocycles. The number of esters is 1. The molecule has 3 aliphatic rings. The third kappa shape index (κ3) is 5.54. The van der Waals surface area contributed by atoms with Gasteiger partial charge in [0.05, 0.1) is 18.9 Å². The molecule has 1 N–H and O–H groups in total. The maximum atomic E-state index is 13.1. The number of carbonyl (C=O) groups is 3.